The molecule has 0 saturated carbocycles. The maximum atomic E-state index is 13.2. The average molecular weight is 330 g/mol. The first-order valence-corrected chi connectivity index (χ1v) is 7.72. The van der Waals surface area contributed by atoms with Gasteiger partial charge in [-0.05, 0) is 36.2 Å². The molecule has 2 aromatic carbocycles. The molecule has 0 saturated heterocycles. The fraction of sp³-hybridized carbons (Fsp3) is 0.167. The van der Waals surface area contributed by atoms with Crippen LogP contribution in [-0.4, -0.2) is 9.55 Å². The van der Waals surface area contributed by atoms with E-state index in [-0.39, 0.29) is 5.82 Å². The summed E-state index contributed by atoms with van der Waals surface area (Å²) in [7, 11) is 0. The Balaban J connectivity index is 2.02. The number of imidazole rings is 1. The Morgan fingerprint density at radius 3 is 2.70 bits per heavy atom. The monoisotopic (exact) mass is 329 g/mol. The van der Waals surface area contributed by atoms with Crippen molar-refractivity contribution in [3.63, 3.8) is 0 Å². The number of hydrogen-bond donors (Lipinski definition) is 1. The summed E-state index contributed by atoms with van der Waals surface area (Å²) >= 11 is 6.16. The van der Waals surface area contributed by atoms with Crippen LogP contribution >= 0.6 is 11.6 Å². The van der Waals surface area contributed by atoms with Crippen LogP contribution in [0.25, 0.3) is 11.3 Å². The summed E-state index contributed by atoms with van der Waals surface area (Å²) in [5.41, 5.74) is 10.6. The first-order valence-electron chi connectivity index (χ1n) is 7.34. The Hall–Kier alpha value is -2.17. The minimum atomic E-state index is -0.368. The standard InChI is InChI=1S/C18H17ClFN3/c1-12-4-2-3-5-13(12)10-23-11-22-18(17(23)9-21)15-7-6-14(20)8-16(15)19/h2-8,11H,9-10,21H2,1H3. The Bertz CT molecular complexity index is 842. The molecule has 2 N–H and O–H groups in total. The van der Waals surface area contributed by atoms with Crippen molar-refractivity contribution in [2.75, 3.05) is 0 Å². The van der Waals surface area contributed by atoms with Crippen LogP contribution in [0.4, 0.5) is 4.39 Å². The molecule has 3 rings (SSSR count). The number of nitrogens with zero attached hydrogens (tertiary/aromatic N) is 2. The second kappa shape index (κ2) is 6.52. The van der Waals surface area contributed by atoms with E-state index in [1.165, 1.54) is 23.3 Å². The van der Waals surface area contributed by atoms with Crippen LogP contribution in [0, 0.1) is 12.7 Å². The van der Waals surface area contributed by atoms with E-state index >= 15 is 0 Å². The Labute approximate surface area is 139 Å². The zero-order valence-corrected chi connectivity index (χ0v) is 13.5. The van der Waals surface area contributed by atoms with E-state index < -0.39 is 0 Å². The fourth-order valence-corrected chi connectivity index (χ4v) is 2.89. The van der Waals surface area contributed by atoms with Crippen molar-refractivity contribution in [2.24, 2.45) is 5.73 Å². The topological polar surface area (TPSA) is 43.8 Å². The van der Waals surface area contributed by atoms with Crippen molar-refractivity contribution in [3.8, 4) is 11.3 Å². The first-order chi connectivity index (χ1) is 11.1. The molecule has 118 valence electrons. The summed E-state index contributed by atoms with van der Waals surface area (Å²) in [4.78, 5) is 4.45. The van der Waals surface area contributed by atoms with Gasteiger partial charge in [0.2, 0.25) is 0 Å². The van der Waals surface area contributed by atoms with Gasteiger partial charge in [-0.15, -0.1) is 0 Å². The van der Waals surface area contributed by atoms with Gasteiger partial charge in [0.25, 0.3) is 0 Å². The molecule has 0 radical (unpaired) electrons. The number of aryl methyl sites for hydroxylation is 1. The Kier molecular flexibility index (Phi) is 4.46. The minimum absolute atomic E-state index is 0.328. The van der Waals surface area contributed by atoms with Gasteiger partial charge in [0.05, 0.1) is 22.7 Å². The molecule has 0 aliphatic heterocycles. The average Bonchev–Trinajstić information content (AvgIpc) is 2.92. The summed E-state index contributed by atoms with van der Waals surface area (Å²) in [6.07, 6.45) is 1.75. The van der Waals surface area contributed by atoms with Crippen molar-refractivity contribution in [1.82, 2.24) is 9.55 Å². The molecule has 23 heavy (non-hydrogen) atoms. The lowest BCUT2D eigenvalue weighted by molar-refractivity contribution is 0.628. The molecule has 1 aromatic heterocycles. The molecule has 0 bridgehead atoms. The molecule has 3 nitrogen and oxygen atoms in total. The van der Waals surface area contributed by atoms with Crippen LogP contribution in [0.1, 0.15) is 16.8 Å². The smallest absolute Gasteiger partial charge is 0.124 e. The zero-order valence-electron chi connectivity index (χ0n) is 12.8. The molecule has 5 heteroatoms. The number of nitrogens with two attached hydrogens (primary N) is 1. The van der Waals surface area contributed by atoms with Crippen LogP contribution in [0.5, 0.6) is 0 Å². The highest BCUT2D eigenvalue weighted by molar-refractivity contribution is 6.33. The van der Waals surface area contributed by atoms with Crippen molar-refractivity contribution in [3.05, 3.63) is 76.5 Å². The summed E-state index contributed by atoms with van der Waals surface area (Å²) in [5, 5.41) is 0.334. The lowest BCUT2D eigenvalue weighted by Crippen LogP contribution is -2.09. The van der Waals surface area contributed by atoms with Crippen LogP contribution in [0.15, 0.2) is 48.8 Å². The van der Waals surface area contributed by atoms with Gasteiger partial charge in [-0.1, -0.05) is 35.9 Å². The molecule has 1 heterocycles. The van der Waals surface area contributed by atoms with Gasteiger partial charge in [0.1, 0.15) is 5.82 Å². The highest BCUT2D eigenvalue weighted by atomic mass is 35.5. The fourth-order valence-electron chi connectivity index (χ4n) is 2.64. The van der Waals surface area contributed by atoms with Gasteiger partial charge < -0.3 is 10.3 Å². The van der Waals surface area contributed by atoms with Crippen molar-refractivity contribution in [1.29, 1.82) is 0 Å². The zero-order chi connectivity index (χ0) is 16.4. The lowest BCUT2D eigenvalue weighted by atomic mass is 10.1. The van der Waals surface area contributed by atoms with Gasteiger partial charge in [-0.3, -0.25) is 0 Å². The molecule has 0 aliphatic carbocycles. The normalized spacial score (nSPS) is 11.0. The van der Waals surface area contributed by atoms with Gasteiger partial charge in [-0.2, -0.15) is 0 Å². The summed E-state index contributed by atoms with van der Waals surface area (Å²) in [6.45, 7) is 3.09. The highest BCUT2D eigenvalue weighted by Gasteiger charge is 2.15. The largest absolute Gasteiger partial charge is 0.328 e. The molecular weight excluding hydrogens is 313 g/mol. The number of benzene rings is 2. The van der Waals surface area contributed by atoms with Gasteiger partial charge in [0, 0.05) is 18.7 Å². The molecule has 0 unspecified atom stereocenters. The molecule has 0 amide bonds. The van der Waals surface area contributed by atoms with Gasteiger partial charge >= 0.3 is 0 Å². The van der Waals surface area contributed by atoms with Gasteiger partial charge in [-0.25, -0.2) is 9.37 Å². The van der Waals surface area contributed by atoms with Crippen LogP contribution in [0.3, 0.4) is 0 Å². The predicted octanol–water partition coefficient (Wildman–Crippen LogP) is 4.16. The van der Waals surface area contributed by atoms with Crippen LogP contribution < -0.4 is 5.73 Å². The van der Waals surface area contributed by atoms with E-state index in [1.54, 1.807) is 12.4 Å². The maximum absolute atomic E-state index is 13.2. The number of hydrogen-bond acceptors (Lipinski definition) is 2. The molecule has 0 aliphatic rings. The highest BCUT2D eigenvalue weighted by Crippen LogP contribution is 2.30. The van der Waals surface area contributed by atoms with E-state index in [2.05, 4.69) is 24.0 Å². The molecule has 0 atom stereocenters. The Morgan fingerprint density at radius 1 is 1.22 bits per heavy atom. The van der Waals surface area contributed by atoms with E-state index in [0.29, 0.717) is 29.4 Å². The number of aromatic nitrogens is 2. The Morgan fingerprint density at radius 2 is 2.00 bits per heavy atom. The second-order valence-corrected chi connectivity index (χ2v) is 5.83. The predicted molar refractivity (Wildman–Crippen MR) is 90.8 cm³/mol. The molecule has 0 spiro atoms. The minimum Gasteiger partial charge on any atom is -0.328 e. The first kappa shape index (κ1) is 15.7. The van der Waals surface area contributed by atoms with E-state index in [4.69, 9.17) is 17.3 Å². The third-order valence-electron chi connectivity index (χ3n) is 3.93. The van der Waals surface area contributed by atoms with Gasteiger partial charge in [0.15, 0.2) is 0 Å². The van der Waals surface area contributed by atoms with Crippen molar-refractivity contribution >= 4 is 11.6 Å². The number of halogens is 2. The summed E-state index contributed by atoms with van der Waals surface area (Å²) in [6, 6.07) is 12.5. The number of rotatable bonds is 4. The third kappa shape index (κ3) is 3.14. The van der Waals surface area contributed by atoms with Crippen molar-refractivity contribution in [2.45, 2.75) is 20.0 Å². The van der Waals surface area contributed by atoms with E-state index in [1.807, 2.05) is 16.7 Å². The van der Waals surface area contributed by atoms with Crippen LogP contribution in [-0.2, 0) is 13.1 Å². The van der Waals surface area contributed by atoms with Crippen molar-refractivity contribution < 1.29 is 4.39 Å². The molecule has 3 aromatic rings. The van der Waals surface area contributed by atoms with E-state index in [9.17, 15) is 4.39 Å². The quantitative estimate of drug-likeness (QED) is 0.781. The SMILES string of the molecule is Cc1ccccc1Cn1cnc(-c2ccc(F)cc2Cl)c1CN. The molecule has 0 fully saturated rings. The summed E-state index contributed by atoms with van der Waals surface area (Å²) in [5.74, 6) is -0.368. The molecular formula is C18H17ClFN3. The van der Waals surface area contributed by atoms with Crippen LogP contribution in [0.2, 0.25) is 5.02 Å². The second-order valence-electron chi connectivity index (χ2n) is 5.42. The lowest BCUT2D eigenvalue weighted by Gasteiger charge is -2.11. The third-order valence-corrected chi connectivity index (χ3v) is 4.24. The van der Waals surface area contributed by atoms with E-state index in [0.717, 1.165) is 5.69 Å². The summed E-state index contributed by atoms with van der Waals surface area (Å²) < 4.78 is 15.3. The maximum Gasteiger partial charge on any atom is 0.124 e.